The maximum absolute atomic E-state index is 13.1. The van der Waals surface area contributed by atoms with Gasteiger partial charge in [0.05, 0.1) is 19.2 Å². The fourth-order valence-electron chi connectivity index (χ4n) is 3.86. The van der Waals surface area contributed by atoms with Gasteiger partial charge in [-0.15, -0.1) is 0 Å². The Morgan fingerprint density at radius 3 is 2.25 bits per heavy atom. The van der Waals surface area contributed by atoms with Crippen LogP contribution >= 0.6 is 0 Å². The number of aliphatic hydroxyl groups is 2. The molecule has 0 aliphatic heterocycles. The van der Waals surface area contributed by atoms with Gasteiger partial charge in [0.2, 0.25) is 0 Å². The van der Waals surface area contributed by atoms with Crippen molar-refractivity contribution in [3.8, 4) is 5.75 Å². The quantitative estimate of drug-likeness (QED) is 0.221. The highest BCUT2D eigenvalue weighted by molar-refractivity contribution is 5.99. The molecule has 0 aliphatic rings. The summed E-state index contributed by atoms with van der Waals surface area (Å²) in [7, 11) is 0. The van der Waals surface area contributed by atoms with Crippen LogP contribution in [-0.2, 0) is 11.2 Å². The summed E-state index contributed by atoms with van der Waals surface area (Å²) in [4.78, 5) is 26.8. The van der Waals surface area contributed by atoms with E-state index in [0.29, 0.717) is 22.8 Å². The summed E-state index contributed by atoms with van der Waals surface area (Å²) in [6, 6.07) is 21.8. The van der Waals surface area contributed by atoms with Gasteiger partial charge in [-0.05, 0) is 75.2 Å². The molecule has 3 rings (SSSR count). The van der Waals surface area contributed by atoms with Crippen molar-refractivity contribution in [3.05, 3.63) is 84.4 Å². The predicted octanol–water partition coefficient (Wildman–Crippen LogP) is 4.49. The fraction of sp³-hybridized carbons (Fsp3) is 0.333. The van der Waals surface area contributed by atoms with Crippen molar-refractivity contribution >= 4 is 29.2 Å². The van der Waals surface area contributed by atoms with Crippen LogP contribution in [0.2, 0.25) is 0 Å². The van der Waals surface area contributed by atoms with Crippen LogP contribution < -0.4 is 21.1 Å². The third-order valence-corrected chi connectivity index (χ3v) is 5.70. The number of hydrogen-bond donors (Lipinski definition) is 5. The normalized spacial score (nSPS) is 12.6. The molecule has 0 bridgehead atoms. The van der Waals surface area contributed by atoms with E-state index in [1.54, 1.807) is 81.4 Å². The lowest BCUT2D eigenvalue weighted by Gasteiger charge is -2.34. The molecule has 0 saturated carbocycles. The number of rotatable bonds is 11. The Hall–Kier alpha value is -4.28. The van der Waals surface area contributed by atoms with Gasteiger partial charge < -0.3 is 36.1 Å². The Morgan fingerprint density at radius 1 is 0.950 bits per heavy atom. The van der Waals surface area contributed by atoms with E-state index in [1.807, 2.05) is 18.2 Å². The molecule has 0 unspecified atom stereocenters. The zero-order valence-electron chi connectivity index (χ0n) is 23.0. The summed E-state index contributed by atoms with van der Waals surface area (Å²) in [6.45, 7) is 4.76. The third-order valence-electron chi connectivity index (χ3n) is 5.70. The first-order chi connectivity index (χ1) is 19.0. The smallest absolute Gasteiger partial charge is 0.410 e. The van der Waals surface area contributed by atoms with Gasteiger partial charge in [0.25, 0.3) is 0 Å². The van der Waals surface area contributed by atoms with Crippen molar-refractivity contribution in [2.24, 2.45) is 0 Å². The Morgan fingerprint density at radius 2 is 1.62 bits per heavy atom. The number of benzene rings is 3. The molecule has 3 aromatic rings. The summed E-state index contributed by atoms with van der Waals surface area (Å²) < 4.78 is 11.2. The molecule has 6 N–H and O–H groups in total. The molecule has 2 atom stereocenters. The molecule has 0 saturated heterocycles. The van der Waals surface area contributed by atoms with E-state index in [4.69, 9.17) is 15.2 Å². The Labute approximate surface area is 234 Å². The van der Waals surface area contributed by atoms with E-state index < -0.39 is 29.9 Å². The second-order valence-corrected chi connectivity index (χ2v) is 10.4. The molecule has 0 radical (unpaired) electrons. The van der Waals surface area contributed by atoms with Gasteiger partial charge in [-0.1, -0.05) is 36.4 Å². The van der Waals surface area contributed by atoms with Crippen molar-refractivity contribution in [1.82, 2.24) is 4.90 Å². The average molecular weight is 551 g/mol. The zero-order chi connectivity index (χ0) is 29.1. The van der Waals surface area contributed by atoms with Crippen LogP contribution in [0.25, 0.3) is 0 Å². The molecule has 0 fully saturated rings. The van der Waals surface area contributed by atoms with E-state index in [9.17, 15) is 19.8 Å². The van der Waals surface area contributed by atoms with E-state index in [-0.39, 0.29) is 26.2 Å². The highest BCUT2D eigenvalue weighted by Crippen LogP contribution is 2.19. The summed E-state index contributed by atoms with van der Waals surface area (Å²) in [5, 5.41) is 26.4. The van der Waals surface area contributed by atoms with Crippen LogP contribution in [0.5, 0.6) is 5.75 Å². The molecule has 10 heteroatoms. The highest BCUT2D eigenvalue weighted by atomic mass is 16.6. The van der Waals surface area contributed by atoms with Gasteiger partial charge in [0.1, 0.15) is 24.1 Å². The van der Waals surface area contributed by atoms with E-state index in [0.717, 1.165) is 5.56 Å². The van der Waals surface area contributed by atoms with Crippen LogP contribution in [0.3, 0.4) is 0 Å². The maximum Gasteiger partial charge on any atom is 0.410 e. The molecule has 3 aromatic carbocycles. The average Bonchev–Trinajstić information content (AvgIpc) is 2.90. The lowest BCUT2D eigenvalue weighted by molar-refractivity contribution is -0.00891. The van der Waals surface area contributed by atoms with Gasteiger partial charge in [0, 0.05) is 17.1 Å². The van der Waals surface area contributed by atoms with Crippen LogP contribution in [0.15, 0.2) is 78.9 Å². The molecule has 214 valence electrons. The molecule has 40 heavy (non-hydrogen) atoms. The molecular weight excluding hydrogens is 512 g/mol. The van der Waals surface area contributed by atoms with Gasteiger partial charge in [-0.25, -0.2) is 9.59 Å². The summed E-state index contributed by atoms with van der Waals surface area (Å²) in [5.74, 6) is 0.597. The topological polar surface area (TPSA) is 146 Å². The molecule has 3 amide bonds. The van der Waals surface area contributed by atoms with Crippen LogP contribution in [0.4, 0.5) is 26.7 Å². The molecule has 0 heterocycles. The number of urea groups is 1. The molecule has 0 spiro atoms. The van der Waals surface area contributed by atoms with Crippen LogP contribution in [-0.4, -0.2) is 64.7 Å². The van der Waals surface area contributed by atoms with Crippen molar-refractivity contribution in [1.29, 1.82) is 0 Å². The van der Waals surface area contributed by atoms with Gasteiger partial charge >= 0.3 is 12.1 Å². The highest BCUT2D eigenvalue weighted by Gasteiger charge is 2.30. The number of nitrogen functional groups attached to an aromatic ring is 1. The number of para-hydroxylation sites is 1. The zero-order valence-corrected chi connectivity index (χ0v) is 23.0. The van der Waals surface area contributed by atoms with Gasteiger partial charge in [-0.2, -0.15) is 0 Å². The number of amides is 3. The first-order valence-electron chi connectivity index (χ1n) is 13.0. The predicted molar refractivity (Wildman–Crippen MR) is 155 cm³/mol. The number of carbonyl (C=O) groups excluding carboxylic acids is 2. The summed E-state index contributed by atoms with van der Waals surface area (Å²) in [6.07, 6.45) is -1.38. The number of nitrogens with zero attached hydrogens (tertiary/aromatic N) is 1. The second kappa shape index (κ2) is 14.2. The van der Waals surface area contributed by atoms with E-state index in [1.165, 1.54) is 4.90 Å². The van der Waals surface area contributed by atoms with Crippen molar-refractivity contribution in [2.75, 3.05) is 36.1 Å². The number of hydrogen-bond acceptors (Lipinski definition) is 7. The minimum atomic E-state index is -1.02. The van der Waals surface area contributed by atoms with Gasteiger partial charge in [-0.3, -0.25) is 4.90 Å². The Balaban J connectivity index is 1.64. The minimum Gasteiger partial charge on any atom is -0.491 e. The van der Waals surface area contributed by atoms with Crippen molar-refractivity contribution in [2.45, 2.75) is 44.9 Å². The first-order valence-corrected chi connectivity index (χ1v) is 13.0. The number of anilines is 3. The van der Waals surface area contributed by atoms with E-state index in [2.05, 4.69) is 10.6 Å². The largest absolute Gasteiger partial charge is 0.491 e. The summed E-state index contributed by atoms with van der Waals surface area (Å²) in [5.41, 5.74) is 7.46. The monoisotopic (exact) mass is 550 g/mol. The Bertz CT molecular complexity index is 1230. The fourth-order valence-corrected chi connectivity index (χ4v) is 3.86. The van der Waals surface area contributed by atoms with Crippen molar-refractivity contribution < 1.29 is 29.3 Å². The van der Waals surface area contributed by atoms with Gasteiger partial charge in [0.15, 0.2) is 0 Å². The van der Waals surface area contributed by atoms with E-state index >= 15 is 0 Å². The number of nitrogens with one attached hydrogen (secondary N) is 2. The summed E-state index contributed by atoms with van der Waals surface area (Å²) >= 11 is 0. The SMILES string of the molecule is CC(C)(C)OC(=O)N(C[C@H](O)COc1ccccc1)[C@H](CO)Cc1ccc(NC(=O)Nc2cccc(N)c2)cc1. The lowest BCUT2D eigenvalue weighted by atomic mass is 10.0. The standard InChI is InChI=1S/C30H38N4O6/c1-30(2,3)40-29(38)34(18-26(36)20-39-27-10-5-4-6-11-27)25(19-35)16-21-12-14-23(15-13-21)32-28(37)33-24-9-7-8-22(31)17-24/h4-15,17,25-26,35-36H,16,18-20,31H2,1-3H3,(H2,32,33,37)/t25-,26-/m0/s1. The second-order valence-electron chi connectivity index (χ2n) is 10.4. The maximum atomic E-state index is 13.1. The number of nitrogens with two attached hydrogens (primary N) is 1. The molecule has 0 aromatic heterocycles. The van der Waals surface area contributed by atoms with Crippen LogP contribution in [0, 0.1) is 0 Å². The van der Waals surface area contributed by atoms with Crippen LogP contribution in [0.1, 0.15) is 26.3 Å². The molecule has 10 nitrogen and oxygen atoms in total. The Kier molecular flexibility index (Phi) is 10.7. The minimum absolute atomic E-state index is 0.0422. The first kappa shape index (κ1) is 30.3. The number of ether oxygens (including phenoxy) is 2. The third kappa shape index (κ3) is 10.1. The van der Waals surface area contributed by atoms with Crippen molar-refractivity contribution in [3.63, 3.8) is 0 Å². The number of aliphatic hydroxyl groups excluding tert-OH is 2. The number of carbonyl (C=O) groups is 2. The molecular formula is C30H38N4O6. The lowest BCUT2D eigenvalue weighted by Crippen LogP contribution is -2.50. The molecule has 0 aliphatic carbocycles.